The van der Waals surface area contributed by atoms with Gasteiger partial charge in [0.2, 0.25) is 0 Å². The van der Waals surface area contributed by atoms with Crippen molar-refractivity contribution < 1.29 is 18.1 Å². The van der Waals surface area contributed by atoms with Crippen molar-refractivity contribution in [2.24, 2.45) is 23.2 Å². The van der Waals surface area contributed by atoms with Gasteiger partial charge in [-0.2, -0.15) is 0 Å². The molecule has 5 heteroatoms. The van der Waals surface area contributed by atoms with E-state index in [4.69, 9.17) is 4.18 Å². The zero-order valence-electron chi connectivity index (χ0n) is 20.6. The molecule has 1 aromatic carbocycles. The second-order valence-electron chi connectivity index (χ2n) is 11.3. The normalized spacial score (nSPS) is 33.8. The van der Waals surface area contributed by atoms with Crippen LogP contribution in [-0.2, 0) is 17.8 Å². The molecule has 0 aromatic heterocycles. The number of unbranched alkanes of at least 4 members (excludes halogenated alkanes) is 7. The average Bonchev–Trinajstić information content (AvgIpc) is 3.09. The van der Waals surface area contributed by atoms with E-state index in [1.54, 1.807) is 0 Å². The summed E-state index contributed by atoms with van der Waals surface area (Å²) in [6.07, 6.45) is 17.1. The van der Waals surface area contributed by atoms with E-state index in [2.05, 4.69) is 19.9 Å². The molecule has 7 atom stereocenters. The van der Waals surface area contributed by atoms with Crippen molar-refractivity contribution in [3.8, 4) is 5.75 Å². The SMILES string of the molecule is CCCCCCCCCC[C@@H]1Cc2cc(OS(=O)[O-])ccc2[C@H]2CC[C@]3(C)[C@@H](O)CC[C@H]3[C@H]12. The highest BCUT2D eigenvalue weighted by Gasteiger charge is 2.56. The van der Waals surface area contributed by atoms with Crippen molar-refractivity contribution in [3.05, 3.63) is 29.3 Å². The molecule has 0 amide bonds. The van der Waals surface area contributed by atoms with E-state index in [1.165, 1.54) is 68.9 Å². The smallest absolute Gasteiger partial charge is 0.139 e. The van der Waals surface area contributed by atoms with Crippen LogP contribution in [0.25, 0.3) is 0 Å². The summed E-state index contributed by atoms with van der Waals surface area (Å²) < 4.78 is 27.1. The van der Waals surface area contributed by atoms with Gasteiger partial charge < -0.3 is 13.8 Å². The summed E-state index contributed by atoms with van der Waals surface area (Å²) >= 11 is -2.54. The van der Waals surface area contributed by atoms with Crippen LogP contribution < -0.4 is 4.18 Å². The molecule has 3 aliphatic rings. The maximum absolute atomic E-state index is 11.1. The third-order valence-corrected chi connectivity index (χ3v) is 9.74. The highest BCUT2D eigenvalue weighted by atomic mass is 32.2. The van der Waals surface area contributed by atoms with Gasteiger partial charge in [0, 0.05) is 0 Å². The van der Waals surface area contributed by atoms with Crippen molar-refractivity contribution in [1.29, 1.82) is 0 Å². The lowest BCUT2D eigenvalue weighted by Crippen LogP contribution is -2.47. The monoisotopic (exact) mass is 475 g/mol. The molecule has 4 rings (SSSR count). The van der Waals surface area contributed by atoms with Gasteiger partial charge in [0.05, 0.1) is 6.10 Å². The molecule has 3 aliphatic carbocycles. The molecule has 1 aromatic rings. The quantitative estimate of drug-likeness (QED) is 0.281. The fourth-order valence-electron chi connectivity index (χ4n) is 7.69. The van der Waals surface area contributed by atoms with Gasteiger partial charge in [-0.05, 0) is 90.9 Å². The third kappa shape index (κ3) is 5.51. The predicted molar refractivity (Wildman–Crippen MR) is 133 cm³/mol. The largest absolute Gasteiger partial charge is 0.740 e. The maximum atomic E-state index is 11.1. The number of aliphatic hydroxyl groups excluding tert-OH is 1. The van der Waals surface area contributed by atoms with Crippen LogP contribution in [0.15, 0.2) is 18.2 Å². The maximum Gasteiger partial charge on any atom is 0.139 e. The molecule has 0 heterocycles. The molecular formula is C28H43O4S-. The van der Waals surface area contributed by atoms with Crippen molar-refractivity contribution in [3.63, 3.8) is 0 Å². The molecule has 33 heavy (non-hydrogen) atoms. The van der Waals surface area contributed by atoms with Crippen molar-refractivity contribution in [1.82, 2.24) is 0 Å². The summed E-state index contributed by atoms with van der Waals surface area (Å²) in [6, 6.07) is 5.91. The fraction of sp³-hybridized carbons (Fsp3) is 0.786. The molecule has 1 unspecified atom stereocenters. The van der Waals surface area contributed by atoms with Crippen molar-refractivity contribution in [2.45, 2.75) is 116 Å². The first kappa shape index (κ1) is 25.2. The van der Waals surface area contributed by atoms with Gasteiger partial charge in [0.15, 0.2) is 0 Å². The number of benzene rings is 1. The van der Waals surface area contributed by atoms with E-state index in [1.807, 2.05) is 12.1 Å². The molecule has 2 fully saturated rings. The van der Waals surface area contributed by atoms with Gasteiger partial charge in [-0.3, -0.25) is 0 Å². The van der Waals surface area contributed by atoms with Crippen LogP contribution in [0.1, 0.15) is 114 Å². The fourth-order valence-corrected chi connectivity index (χ4v) is 7.95. The Morgan fingerprint density at radius 1 is 1.09 bits per heavy atom. The van der Waals surface area contributed by atoms with Crippen LogP contribution in [0.5, 0.6) is 5.75 Å². The Labute approximate surface area is 203 Å². The van der Waals surface area contributed by atoms with Crippen LogP contribution in [0, 0.1) is 23.2 Å². The summed E-state index contributed by atoms with van der Waals surface area (Å²) in [6.45, 7) is 4.61. The van der Waals surface area contributed by atoms with E-state index in [0.29, 0.717) is 29.4 Å². The van der Waals surface area contributed by atoms with E-state index in [9.17, 15) is 13.9 Å². The first-order valence-corrected chi connectivity index (χ1v) is 14.5. The summed E-state index contributed by atoms with van der Waals surface area (Å²) in [5, 5.41) is 10.8. The van der Waals surface area contributed by atoms with Crippen LogP contribution in [0.3, 0.4) is 0 Å². The van der Waals surface area contributed by atoms with E-state index in [-0.39, 0.29) is 11.5 Å². The Bertz CT molecular complexity index is 811. The minimum atomic E-state index is -2.54. The molecule has 0 saturated heterocycles. The minimum Gasteiger partial charge on any atom is -0.740 e. The Morgan fingerprint density at radius 3 is 2.55 bits per heavy atom. The van der Waals surface area contributed by atoms with Gasteiger partial charge >= 0.3 is 0 Å². The molecule has 4 nitrogen and oxygen atoms in total. The number of hydrogen-bond acceptors (Lipinski definition) is 4. The van der Waals surface area contributed by atoms with Gasteiger partial charge in [-0.15, -0.1) is 0 Å². The number of aliphatic hydroxyl groups is 1. The standard InChI is InChI=1S/C28H44O4S/c1-3-4-5-6-7-8-9-10-11-20-18-21-19-22(32-33(30)31)12-13-23(21)24-16-17-28(2)25(27(20)24)14-15-26(28)29/h12-13,19-20,24-27,29H,3-11,14-18H2,1-2H3,(H,30,31)/p-1/t20-,24-,25+,26+,27-,28+/m1/s1. The van der Waals surface area contributed by atoms with Crippen LogP contribution in [-0.4, -0.2) is 20.0 Å². The van der Waals surface area contributed by atoms with Crippen LogP contribution in [0.2, 0.25) is 0 Å². The van der Waals surface area contributed by atoms with E-state index < -0.39 is 11.4 Å². The Balaban J connectivity index is 1.47. The van der Waals surface area contributed by atoms with Crippen molar-refractivity contribution >= 4 is 11.4 Å². The molecule has 0 aliphatic heterocycles. The van der Waals surface area contributed by atoms with Crippen LogP contribution >= 0.6 is 0 Å². The molecule has 1 N–H and O–H groups in total. The highest BCUT2D eigenvalue weighted by molar-refractivity contribution is 7.74. The second kappa shape index (κ2) is 11.2. The summed E-state index contributed by atoms with van der Waals surface area (Å²) in [5.41, 5.74) is 2.75. The number of fused-ring (bicyclic) bond motifs is 5. The van der Waals surface area contributed by atoms with E-state index in [0.717, 1.165) is 32.1 Å². The second-order valence-corrected chi connectivity index (χ2v) is 11.9. The first-order chi connectivity index (χ1) is 15.9. The first-order valence-electron chi connectivity index (χ1n) is 13.5. The Hall–Kier alpha value is -0.910. The lowest BCUT2D eigenvalue weighted by molar-refractivity contribution is -0.0396. The number of hydrogen-bond donors (Lipinski definition) is 1. The average molecular weight is 476 g/mol. The topological polar surface area (TPSA) is 69.6 Å². The zero-order valence-corrected chi connectivity index (χ0v) is 21.4. The lowest BCUT2D eigenvalue weighted by Gasteiger charge is -2.53. The molecule has 2 saturated carbocycles. The summed E-state index contributed by atoms with van der Waals surface area (Å²) in [4.78, 5) is 0. The highest BCUT2D eigenvalue weighted by Crippen LogP contribution is 2.62. The van der Waals surface area contributed by atoms with Gasteiger partial charge in [-0.25, -0.2) is 4.21 Å². The zero-order chi connectivity index (χ0) is 23.4. The van der Waals surface area contributed by atoms with E-state index >= 15 is 0 Å². The molecular weight excluding hydrogens is 432 g/mol. The Morgan fingerprint density at radius 2 is 1.82 bits per heavy atom. The van der Waals surface area contributed by atoms with Crippen LogP contribution in [0.4, 0.5) is 0 Å². The molecule has 0 bridgehead atoms. The molecule has 186 valence electrons. The summed E-state index contributed by atoms with van der Waals surface area (Å²) in [7, 11) is 0. The van der Waals surface area contributed by atoms with Gasteiger partial charge in [0.1, 0.15) is 17.1 Å². The molecule has 0 radical (unpaired) electrons. The van der Waals surface area contributed by atoms with Gasteiger partial charge in [-0.1, -0.05) is 71.3 Å². The minimum absolute atomic E-state index is 0.0682. The molecule has 0 spiro atoms. The number of rotatable bonds is 11. The summed E-state index contributed by atoms with van der Waals surface area (Å²) in [5.74, 6) is 2.82. The lowest BCUT2D eigenvalue weighted by atomic mass is 9.52. The third-order valence-electron chi connectivity index (χ3n) is 9.42. The predicted octanol–water partition coefficient (Wildman–Crippen LogP) is 6.83. The Kier molecular flexibility index (Phi) is 8.56. The van der Waals surface area contributed by atoms with Crippen molar-refractivity contribution in [2.75, 3.05) is 0 Å². The van der Waals surface area contributed by atoms with Gasteiger partial charge in [0.25, 0.3) is 0 Å².